The van der Waals surface area contributed by atoms with Crippen molar-refractivity contribution in [2.75, 3.05) is 27.2 Å². The monoisotopic (exact) mass is 285 g/mol. The topological polar surface area (TPSA) is 75.4 Å². The maximum absolute atomic E-state index is 12.1. The Hall–Kier alpha value is -0.950. The zero-order valence-electron chi connectivity index (χ0n) is 11.8. The summed E-state index contributed by atoms with van der Waals surface area (Å²) < 4.78 is 26.8. The van der Waals surface area contributed by atoms with Crippen molar-refractivity contribution < 1.29 is 8.42 Å². The number of likely N-dealkylation sites (N-methyl/N-ethyl adjacent to an activating group) is 1. The van der Waals surface area contributed by atoms with Crippen LogP contribution < -0.4 is 10.5 Å². The fraction of sp³-hybridized carbons (Fsp3) is 0.538. The summed E-state index contributed by atoms with van der Waals surface area (Å²) in [4.78, 5) is 2.21. The van der Waals surface area contributed by atoms with Crippen LogP contribution >= 0.6 is 0 Å². The number of nitrogens with one attached hydrogen (secondary N) is 1. The minimum Gasteiger partial charge on any atom is -0.326 e. The Morgan fingerprint density at radius 2 is 1.95 bits per heavy atom. The molecule has 5 nitrogen and oxygen atoms in total. The Bertz CT molecular complexity index is 513. The number of sulfonamides is 1. The average Bonchev–Trinajstić information content (AvgIpc) is 2.37. The highest BCUT2D eigenvalue weighted by Gasteiger charge is 2.14. The smallest absolute Gasteiger partial charge is 0.240 e. The van der Waals surface area contributed by atoms with Gasteiger partial charge in [-0.1, -0.05) is 13.0 Å². The van der Waals surface area contributed by atoms with Crippen LogP contribution in [0.25, 0.3) is 0 Å². The van der Waals surface area contributed by atoms with Crippen molar-refractivity contribution in [3.63, 3.8) is 0 Å². The minimum atomic E-state index is -3.45. The van der Waals surface area contributed by atoms with Gasteiger partial charge in [-0.25, -0.2) is 13.1 Å². The molecule has 0 saturated carbocycles. The second-order valence-electron chi connectivity index (χ2n) is 4.69. The number of nitrogens with zero attached hydrogens (tertiary/aromatic N) is 1. The fourth-order valence-corrected chi connectivity index (χ4v) is 2.86. The second-order valence-corrected chi connectivity index (χ2v) is 6.46. The predicted molar refractivity (Wildman–Crippen MR) is 77.5 cm³/mol. The van der Waals surface area contributed by atoms with Crippen molar-refractivity contribution in [3.05, 3.63) is 29.3 Å². The lowest BCUT2D eigenvalue weighted by molar-refractivity contribution is 0.412. The van der Waals surface area contributed by atoms with E-state index in [4.69, 9.17) is 5.73 Å². The second kappa shape index (κ2) is 7.00. The summed E-state index contributed by atoms with van der Waals surface area (Å²) in [6.07, 6.45) is 0.848. The van der Waals surface area contributed by atoms with E-state index in [9.17, 15) is 8.42 Å². The predicted octanol–water partition coefficient (Wildman–Crippen LogP) is 0.548. The molecule has 0 amide bonds. The molecule has 3 N–H and O–H groups in total. The van der Waals surface area contributed by atoms with Gasteiger partial charge in [0, 0.05) is 19.6 Å². The van der Waals surface area contributed by atoms with Gasteiger partial charge in [0.25, 0.3) is 0 Å². The van der Waals surface area contributed by atoms with E-state index in [1.165, 1.54) is 0 Å². The summed E-state index contributed by atoms with van der Waals surface area (Å²) in [5.41, 5.74) is 7.64. The molecule has 19 heavy (non-hydrogen) atoms. The largest absolute Gasteiger partial charge is 0.326 e. The van der Waals surface area contributed by atoms with E-state index in [0.717, 1.165) is 17.5 Å². The van der Waals surface area contributed by atoms with E-state index < -0.39 is 10.0 Å². The molecular weight excluding hydrogens is 262 g/mol. The molecule has 1 aromatic rings. The molecule has 1 aromatic carbocycles. The Labute approximate surface area is 115 Å². The third-order valence-electron chi connectivity index (χ3n) is 2.94. The van der Waals surface area contributed by atoms with Gasteiger partial charge in [-0.15, -0.1) is 0 Å². The molecule has 0 radical (unpaired) electrons. The van der Waals surface area contributed by atoms with E-state index >= 15 is 0 Å². The highest BCUT2D eigenvalue weighted by Crippen LogP contribution is 2.16. The van der Waals surface area contributed by atoms with Crippen molar-refractivity contribution in [2.45, 2.75) is 24.8 Å². The van der Waals surface area contributed by atoms with E-state index in [1.54, 1.807) is 12.1 Å². The number of rotatable bonds is 7. The molecule has 0 saturated heterocycles. The SMILES string of the molecule is CCc1ccc(S(=O)(=O)NCCN(C)C)cc1CN. The number of hydrogen-bond acceptors (Lipinski definition) is 4. The Kier molecular flexibility index (Phi) is 5.93. The molecule has 0 aliphatic rings. The standard InChI is InChI=1S/C13H23N3O2S/c1-4-11-5-6-13(9-12(11)10-14)19(17,18)15-7-8-16(2)3/h5-6,9,15H,4,7-8,10,14H2,1-3H3. The normalized spacial score (nSPS) is 12.1. The van der Waals surface area contributed by atoms with Crippen LogP contribution in [0.4, 0.5) is 0 Å². The van der Waals surface area contributed by atoms with Gasteiger partial charge in [-0.3, -0.25) is 0 Å². The minimum absolute atomic E-state index is 0.281. The van der Waals surface area contributed by atoms with Gasteiger partial charge in [0.1, 0.15) is 0 Å². The summed E-state index contributed by atoms with van der Waals surface area (Å²) in [6.45, 7) is 3.43. The maximum Gasteiger partial charge on any atom is 0.240 e. The van der Waals surface area contributed by atoms with Crippen molar-refractivity contribution >= 4 is 10.0 Å². The van der Waals surface area contributed by atoms with Crippen molar-refractivity contribution in [1.82, 2.24) is 9.62 Å². The van der Waals surface area contributed by atoms with Gasteiger partial charge in [-0.05, 0) is 43.8 Å². The van der Waals surface area contributed by atoms with Crippen molar-refractivity contribution in [2.24, 2.45) is 5.73 Å². The number of aryl methyl sites for hydroxylation is 1. The van der Waals surface area contributed by atoms with Crippen LogP contribution in [0.5, 0.6) is 0 Å². The van der Waals surface area contributed by atoms with Crippen molar-refractivity contribution in [3.8, 4) is 0 Å². The third kappa shape index (κ3) is 4.58. The van der Waals surface area contributed by atoms with Gasteiger partial charge in [0.2, 0.25) is 10.0 Å². The first-order chi connectivity index (χ1) is 8.90. The summed E-state index contributed by atoms with van der Waals surface area (Å²) in [7, 11) is 0.354. The summed E-state index contributed by atoms with van der Waals surface area (Å²) in [5.74, 6) is 0. The first-order valence-corrected chi connectivity index (χ1v) is 7.85. The van der Waals surface area contributed by atoms with Gasteiger partial charge in [0.15, 0.2) is 0 Å². The molecule has 0 aromatic heterocycles. The molecule has 0 fully saturated rings. The van der Waals surface area contributed by atoms with Crippen LogP contribution in [0.3, 0.4) is 0 Å². The van der Waals surface area contributed by atoms with Crippen LogP contribution in [-0.2, 0) is 23.0 Å². The molecule has 6 heteroatoms. The lowest BCUT2D eigenvalue weighted by Crippen LogP contribution is -2.31. The molecule has 1 rings (SSSR count). The zero-order chi connectivity index (χ0) is 14.5. The summed E-state index contributed by atoms with van der Waals surface area (Å²) in [5, 5.41) is 0. The van der Waals surface area contributed by atoms with Crippen LogP contribution in [0.15, 0.2) is 23.1 Å². The lowest BCUT2D eigenvalue weighted by atomic mass is 10.1. The number of nitrogens with two attached hydrogens (primary N) is 1. The number of benzene rings is 1. The molecule has 0 spiro atoms. The van der Waals surface area contributed by atoms with Gasteiger partial charge in [0.05, 0.1) is 4.90 Å². The quantitative estimate of drug-likeness (QED) is 0.767. The van der Waals surface area contributed by atoms with Gasteiger partial charge in [-0.2, -0.15) is 0 Å². The Morgan fingerprint density at radius 3 is 2.47 bits per heavy atom. The molecule has 0 unspecified atom stereocenters. The Morgan fingerprint density at radius 1 is 1.26 bits per heavy atom. The van der Waals surface area contributed by atoms with Gasteiger partial charge < -0.3 is 10.6 Å². The fourth-order valence-electron chi connectivity index (χ4n) is 1.79. The van der Waals surface area contributed by atoms with Gasteiger partial charge >= 0.3 is 0 Å². The van der Waals surface area contributed by atoms with E-state index in [-0.39, 0.29) is 4.90 Å². The van der Waals surface area contributed by atoms with E-state index in [0.29, 0.717) is 19.6 Å². The van der Waals surface area contributed by atoms with Crippen LogP contribution in [0, 0.1) is 0 Å². The van der Waals surface area contributed by atoms with E-state index in [2.05, 4.69) is 4.72 Å². The average molecular weight is 285 g/mol. The van der Waals surface area contributed by atoms with Crippen LogP contribution in [0.1, 0.15) is 18.1 Å². The third-order valence-corrected chi connectivity index (χ3v) is 4.40. The molecule has 108 valence electrons. The van der Waals surface area contributed by atoms with Crippen LogP contribution in [0.2, 0.25) is 0 Å². The molecule has 0 bridgehead atoms. The highest BCUT2D eigenvalue weighted by molar-refractivity contribution is 7.89. The first-order valence-electron chi connectivity index (χ1n) is 6.37. The maximum atomic E-state index is 12.1. The molecular formula is C13H23N3O2S. The highest BCUT2D eigenvalue weighted by atomic mass is 32.2. The molecule has 0 heterocycles. The molecule has 0 aliphatic heterocycles. The van der Waals surface area contributed by atoms with E-state index in [1.807, 2.05) is 32.0 Å². The summed E-state index contributed by atoms with van der Waals surface area (Å²) in [6, 6.07) is 5.13. The summed E-state index contributed by atoms with van der Waals surface area (Å²) >= 11 is 0. The molecule has 0 aliphatic carbocycles. The van der Waals surface area contributed by atoms with Crippen LogP contribution in [-0.4, -0.2) is 40.5 Å². The first kappa shape index (κ1) is 16.1. The Balaban J connectivity index is 2.89. The number of hydrogen-bond donors (Lipinski definition) is 2. The van der Waals surface area contributed by atoms with Crippen molar-refractivity contribution in [1.29, 1.82) is 0 Å². The molecule has 0 atom stereocenters. The zero-order valence-corrected chi connectivity index (χ0v) is 12.6. The lowest BCUT2D eigenvalue weighted by Gasteiger charge is -2.12.